The molecule has 1 unspecified atom stereocenters. The van der Waals surface area contributed by atoms with Gasteiger partial charge in [-0.3, -0.25) is 4.79 Å². The number of rotatable bonds is 4. The number of carbonyl (C=O) groups is 1. The van der Waals surface area contributed by atoms with Gasteiger partial charge >= 0.3 is 5.97 Å². The summed E-state index contributed by atoms with van der Waals surface area (Å²) in [5.74, 6) is 1.43. The summed E-state index contributed by atoms with van der Waals surface area (Å²) in [7, 11) is 0. The molecule has 0 radical (unpaired) electrons. The van der Waals surface area contributed by atoms with Crippen LogP contribution in [0.25, 0.3) is 0 Å². The quantitative estimate of drug-likeness (QED) is 0.683. The Kier molecular flexibility index (Phi) is 2.37. The second-order valence-corrected chi connectivity index (χ2v) is 5.66. The minimum atomic E-state index is -0.786. The Morgan fingerprint density at radius 3 is 3.10 bits per heavy atom. The Hall–Kier alpha value is -1.97. The van der Waals surface area contributed by atoms with Crippen LogP contribution in [0.15, 0.2) is 18.2 Å². The highest BCUT2D eigenvalue weighted by molar-refractivity contribution is 5.81. The molecule has 1 N–H and O–H groups in total. The summed E-state index contributed by atoms with van der Waals surface area (Å²) in [6.07, 6.45) is 6.73. The van der Waals surface area contributed by atoms with Crippen molar-refractivity contribution in [2.75, 3.05) is 0 Å². The van der Waals surface area contributed by atoms with E-state index in [1.165, 1.54) is 0 Å². The summed E-state index contributed by atoms with van der Waals surface area (Å²) in [6.45, 7) is 2.00. The fourth-order valence-electron chi connectivity index (χ4n) is 3.41. The van der Waals surface area contributed by atoms with E-state index in [1.807, 2.05) is 13.0 Å². The van der Waals surface area contributed by atoms with Crippen molar-refractivity contribution in [2.45, 2.75) is 44.1 Å². The van der Waals surface area contributed by atoms with Gasteiger partial charge in [0.15, 0.2) is 11.5 Å². The first-order valence-electron chi connectivity index (χ1n) is 7.15. The standard InChI is InChI=1S/C16H16O4/c1-2-4-8(16(17)18)10-7-12-15(20-12)13-9-5-3-6-11(9)19-14(10)13/h3,5,7-9,11H,2,4,6H2,1H3,(H,17,18)/t8?,9-,11+/m0/s1. The van der Waals surface area contributed by atoms with E-state index < -0.39 is 11.9 Å². The third-order valence-electron chi connectivity index (χ3n) is 4.40. The monoisotopic (exact) mass is 272 g/mol. The molecule has 0 fully saturated rings. The van der Waals surface area contributed by atoms with Gasteiger partial charge in [0.05, 0.1) is 11.5 Å². The summed E-state index contributed by atoms with van der Waals surface area (Å²) >= 11 is 0. The average Bonchev–Trinajstić information content (AvgIpc) is 2.88. The maximum atomic E-state index is 11.6. The second-order valence-electron chi connectivity index (χ2n) is 5.66. The number of benzene rings is 1. The second kappa shape index (κ2) is 4.01. The van der Waals surface area contributed by atoms with E-state index >= 15 is 0 Å². The lowest BCUT2D eigenvalue weighted by Crippen LogP contribution is -2.14. The van der Waals surface area contributed by atoms with Crippen LogP contribution in [0.2, 0.25) is 0 Å². The molecule has 0 spiro atoms. The summed E-state index contributed by atoms with van der Waals surface area (Å²) in [5.41, 5.74) is 1.85. The van der Waals surface area contributed by atoms with Gasteiger partial charge in [-0.15, -0.1) is 0 Å². The van der Waals surface area contributed by atoms with Crippen LogP contribution in [0, 0.1) is 0 Å². The summed E-state index contributed by atoms with van der Waals surface area (Å²) in [5, 5.41) is 9.49. The molecule has 1 aromatic rings. The van der Waals surface area contributed by atoms with E-state index in [1.54, 1.807) is 0 Å². The Morgan fingerprint density at radius 2 is 2.35 bits per heavy atom. The van der Waals surface area contributed by atoms with E-state index in [9.17, 15) is 9.90 Å². The van der Waals surface area contributed by atoms with E-state index in [0.29, 0.717) is 6.42 Å². The van der Waals surface area contributed by atoms with Gasteiger partial charge in [-0.05, 0) is 12.5 Å². The van der Waals surface area contributed by atoms with Crippen molar-refractivity contribution in [1.82, 2.24) is 0 Å². The zero-order valence-corrected chi connectivity index (χ0v) is 11.3. The van der Waals surface area contributed by atoms with Crippen molar-refractivity contribution in [3.05, 3.63) is 29.3 Å². The van der Waals surface area contributed by atoms with Crippen molar-refractivity contribution in [3.63, 3.8) is 0 Å². The number of ether oxygens (including phenoxy) is 2. The summed E-state index contributed by atoms with van der Waals surface area (Å²) in [6, 6.07) is 1.85. The molecule has 20 heavy (non-hydrogen) atoms. The molecule has 4 nitrogen and oxygen atoms in total. The van der Waals surface area contributed by atoms with Gasteiger partial charge in [0.1, 0.15) is 11.9 Å². The lowest BCUT2D eigenvalue weighted by molar-refractivity contribution is -0.139. The molecule has 0 amide bonds. The van der Waals surface area contributed by atoms with Crippen LogP contribution in [0.5, 0.6) is 17.2 Å². The largest absolute Gasteiger partial charge is 0.488 e. The average molecular weight is 272 g/mol. The molecular formula is C16H16O4. The predicted molar refractivity (Wildman–Crippen MR) is 72.7 cm³/mol. The molecule has 2 aliphatic heterocycles. The van der Waals surface area contributed by atoms with Crippen molar-refractivity contribution in [2.24, 2.45) is 0 Å². The van der Waals surface area contributed by atoms with E-state index in [-0.39, 0.29) is 12.0 Å². The molecule has 104 valence electrons. The minimum Gasteiger partial charge on any atom is -0.488 e. The van der Waals surface area contributed by atoms with E-state index in [0.717, 1.165) is 41.2 Å². The van der Waals surface area contributed by atoms with Gasteiger partial charge in [0.2, 0.25) is 0 Å². The van der Waals surface area contributed by atoms with Gasteiger partial charge < -0.3 is 14.6 Å². The van der Waals surface area contributed by atoms with E-state index in [4.69, 9.17) is 9.47 Å². The van der Waals surface area contributed by atoms with Crippen LogP contribution in [0.3, 0.4) is 0 Å². The van der Waals surface area contributed by atoms with Crippen molar-refractivity contribution < 1.29 is 19.4 Å². The third kappa shape index (κ3) is 1.51. The Morgan fingerprint density at radius 1 is 1.50 bits per heavy atom. The van der Waals surface area contributed by atoms with Gasteiger partial charge in [-0.2, -0.15) is 0 Å². The van der Waals surface area contributed by atoms with Crippen LogP contribution in [-0.4, -0.2) is 17.2 Å². The molecule has 1 aliphatic carbocycles. The van der Waals surface area contributed by atoms with Crippen LogP contribution < -0.4 is 9.47 Å². The zero-order chi connectivity index (χ0) is 13.9. The molecule has 4 heteroatoms. The lowest BCUT2D eigenvalue weighted by atomic mass is 9.90. The Bertz CT molecular complexity index is 632. The van der Waals surface area contributed by atoms with Crippen molar-refractivity contribution in [3.8, 4) is 17.2 Å². The molecule has 3 atom stereocenters. The Labute approximate surface area is 117 Å². The van der Waals surface area contributed by atoms with Gasteiger partial charge in [-0.25, -0.2) is 0 Å². The zero-order valence-electron chi connectivity index (χ0n) is 11.3. The number of carboxylic acid groups (broad SMARTS) is 1. The lowest BCUT2D eigenvalue weighted by Gasteiger charge is -2.15. The molecule has 0 saturated heterocycles. The van der Waals surface area contributed by atoms with Crippen LogP contribution in [0.1, 0.15) is 49.1 Å². The number of hydrogen-bond acceptors (Lipinski definition) is 3. The fraction of sp³-hybridized carbons (Fsp3) is 0.438. The minimum absolute atomic E-state index is 0.121. The first kappa shape index (κ1) is 11.8. The van der Waals surface area contributed by atoms with Gasteiger partial charge in [0, 0.05) is 17.9 Å². The van der Waals surface area contributed by atoms with Gasteiger partial charge in [-0.1, -0.05) is 25.5 Å². The fourth-order valence-corrected chi connectivity index (χ4v) is 3.41. The summed E-state index contributed by atoms with van der Waals surface area (Å²) < 4.78 is 11.6. The molecule has 0 saturated carbocycles. The number of carboxylic acids is 1. The number of fused-ring (bicyclic) bond motifs is 5. The Balaban J connectivity index is 1.83. The molecule has 2 heterocycles. The molecule has 0 aromatic heterocycles. The third-order valence-corrected chi connectivity index (χ3v) is 4.40. The highest BCUT2D eigenvalue weighted by Crippen LogP contribution is 2.61. The van der Waals surface area contributed by atoms with Crippen molar-refractivity contribution >= 4 is 5.97 Å². The van der Waals surface area contributed by atoms with Crippen LogP contribution in [0.4, 0.5) is 0 Å². The smallest absolute Gasteiger partial charge is 0.311 e. The number of aliphatic carboxylic acids is 1. The van der Waals surface area contributed by atoms with Crippen molar-refractivity contribution in [1.29, 1.82) is 0 Å². The molecule has 1 aromatic carbocycles. The van der Waals surface area contributed by atoms with Crippen LogP contribution >= 0.6 is 0 Å². The SMILES string of the molecule is CCCC(C(=O)O)c1cc2c(c3c1O[C@@H]1CC=C[C@H]31)O2. The first-order chi connectivity index (χ1) is 9.70. The molecule has 4 rings (SSSR count). The van der Waals surface area contributed by atoms with Crippen LogP contribution in [-0.2, 0) is 4.79 Å². The topological polar surface area (TPSA) is 59.1 Å². The highest BCUT2D eigenvalue weighted by Gasteiger charge is 2.45. The highest BCUT2D eigenvalue weighted by atomic mass is 16.6. The maximum Gasteiger partial charge on any atom is 0.311 e. The number of hydrogen-bond donors (Lipinski definition) is 1. The maximum absolute atomic E-state index is 11.6. The van der Waals surface area contributed by atoms with Gasteiger partial charge in [0.25, 0.3) is 0 Å². The molecular weight excluding hydrogens is 256 g/mol. The van der Waals surface area contributed by atoms with E-state index in [2.05, 4.69) is 12.2 Å². The molecule has 0 bridgehead atoms. The first-order valence-corrected chi connectivity index (χ1v) is 7.15. The molecule has 3 aliphatic rings. The predicted octanol–water partition coefficient (Wildman–Crippen LogP) is 3.57. The normalized spacial score (nSPS) is 25.2. The summed E-state index contributed by atoms with van der Waals surface area (Å²) in [4.78, 5) is 11.6.